The van der Waals surface area contributed by atoms with Gasteiger partial charge >= 0.3 is 0 Å². The third kappa shape index (κ3) is 4.36. The van der Waals surface area contributed by atoms with Crippen molar-refractivity contribution in [1.82, 2.24) is 10.3 Å². The van der Waals surface area contributed by atoms with Gasteiger partial charge < -0.3 is 10.2 Å². The summed E-state index contributed by atoms with van der Waals surface area (Å²) in [7, 11) is 2.17. The minimum Gasteiger partial charge on any atom is -0.350 e. The number of anilines is 1. The molecule has 1 aliphatic rings. The van der Waals surface area contributed by atoms with Crippen molar-refractivity contribution < 1.29 is 0 Å². The largest absolute Gasteiger partial charge is 0.350 e. The van der Waals surface area contributed by atoms with E-state index < -0.39 is 0 Å². The minimum absolute atomic E-state index is 0.349. The average Bonchev–Trinajstić information content (AvgIpc) is 2.84. The molecule has 0 fully saturated rings. The highest BCUT2D eigenvalue weighted by molar-refractivity contribution is 7.98. The summed E-state index contributed by atoms with van der Waals surface area (Å²) in [4.78, 5) is 8.74. The lowest BCUT2D eigenvalue weighted by Crippen LogP contribution is -2.33. The fourth-order valence-corrected chi connectivity index (χ4v) is 4.49. The van der Waals surface area contributed by atoms with Crippen molar-refractivity contribution in [3.05, 3.63) is 10.6 Å². The fraction of sp³-hybridized carbons (Fsp3) is 0.812. The number of hydrogen-bond acceptors (Lipinski definition) is 5. The van der Waals surface area contributed by atoms with Gasteiger partial charge in [-0.3, -0.25) is 0 Å². The molecule has 21 heavy (non-hydrogen) atoms. The van der Waals surface area contributed by atoms with E-state index in [0.717, 1.165) is 25.3 Å². The number of rotatable bonds is 7. The van der Waals surface area contributed by atoms with Gasteiger partial charge in [-0.25, -0.2) is 4.98 Å². The third-order valence-electron chi connectivity index (χ3n) is 4.03. The van der Waals surface area contributed by atoms with E-state index in [1.807, 2.05) is 23.1 Å². The monoisotopic (exact) mass is 327 g/mol. The highest BCUT2D eigenvalue weighted by Crippen LogP contribution is 2.44. The van der Waals surface area contributed by atoms with Crippen LogP contribution < -0.4 is 10.2 Å². The van der Waals surface area contributed by atoms with Gasteiger partial charge in [-0.05, 0) is 37.5 Å². The Morgan fingerprint density at radius 3 is 2.90 bits per heavy atom. The first-order valence-electron chi connectivity index (χ1n) is 7.90. The van der Waals surface area contributed by atoms with Crippen LogP contribution in [0.4, 0.5) is 5.13 Å². The van der Waals surface area contributed by atoms with Crippen molar-refractivity contribution in [2.45, 2.75) is 46.1 Å². The summed E-state index contributed by atoms with van der Waals surface area (Å²) in [6.07, 6.45) is 5.68. The van der Waals surface area contributed by atoms with Crippen LogP contribution in [0.3, 0.4) is 0 Å². The maximum absolute atomic E-state index is 4.95. The molecule has 0 bridgehead atoms. The minimum atomic E-state index is 0.349. The van der Waals surface area contributed by atoms with Gasteiger partial charge in [0.15, 0.2) is 5.13 Å². The fourth-order valence-electron chi connectivity index (χ4n) is 2.89. The second-order valence-electron chi connectivity index (χ2n) is 6.77. The molecule has 0 amide bonds. The highest BCUT2D eigenvalue weighted by atomic mass is 32.2. The van der Waals surface area contributed by atoms with Crippen molar-refractivity contribution in [3.8, 4) is 0 Å². The van der Waals surface area contributed by atoms with Crippen LogP contribution in [0.5, 0.6) is 0 Å². The molecular formula is C16H29N3S2. The zero-order valence-electron chi connectivity index (χ0n) is 14.0. The van der Waals surface area contributed by atoms with E-state index in [-0.39, 0.29) is 0 Å². The standard InChI is InChI=1S/C16H29N3S2/c1-6-7-17-12-10-16(2,3)11-13-14(12)21-15(18-13)19(4)8-9-20-5/h12,17H,6-11H2,1-5H3. The van der Waals surface area contributed by atoms with Gasteiger partial charge in [0, 0.05) is 30.3 Å². The summed E-state index contributed by atoms with van der Waals surface area (Å²) in [5, 5.41) is 4.92. The Hall–Kier alpha value is -0.260. The number of nitrogens with zero attached hydrogens (tertiary/aromatic N) is 2. The van der Waals surface area contributed by atoms with Gasteiger partial charge in [0.2, 0.25) is 0 Å². The molecule has 1 unspecified atom stereocenters. The molecule has 0 saturated carbocycles. The number of thiazole rings is 1. The van der Waals surface area contributed by atoms with Crippen molar-refractivity contribution in [2.24, 2.45) is 5.41 Å². The van der Waals surface area contributed by atoms with Crippen molar-refractivity contribution in [2.75, 3.05) is 37.0 Å². The topological polar surface area (TPSA) is 28.2 Å². The number of thioether (sulfide) groups is 1. The molecule has 1 heterocycles. The molecule has 0 spiro atoms. The number of aromatic nitrogens is 1. The molecule has 5 heteroatoms. The van der Waals surface area contributed by atoms with Crippen LogP contribution in [-0.4, -0.2) is 37.1 Å². The predicted molar refractivity (Wildman–Crippen MR) is 96.9 cm³/mol. The summed E-state index contributed by atoms with van der Waals surface area (Å²) in [6, 6.07) is 0.490. The smallest absolute Gasteiger partial charge is 0.185 e. The molecule has 0 aromatic carbocycles. The van der Waals surface area contributed by atoms with Gasteiger partial charge in [0.05, 0.1) is 5.69 Å². The van der Waals surface area contributed by atoms with E-state index in [4.69, 9.17) is 4.98 Å². The van der Waals surface area contributed by atoms with Crippen LogP contribution in [0.15, 0.2) is 0 Å². The first-order chi connectivity index (χ1) is 9.96. The van der Waals surface area contributed by atoms with Crippen molar-refractivity contribution in [3.63, 3.8) is 0 Å². The lowest BCUT2D eigenvalue weighted by Gasteiger charge is -2.34. The Bertz CT molecular complexity index is 456. The van der Waals surface area contributed by atoms with Crippen LogP contribution in [0.25, 0.3) is 0 Å². The second kappa shape index (κ2) is 7.34. The molecule has 1 aliphatic carbocycles. The molecule has 2 rings (SSSR count). The van der Waals surface area contributed by atoms with Crippen LogP contribution in [0.1, 0.15) is 50.2 Å². The molecule has 0 aliphatic heterocycles. The molecule has 1 aromatic heterocycles. The summed E-state index contributed by atoms with van der Waals surface area (Å²) >= 11 is 3.79. The molecule has 0 radical (unpaired) electrons. The number of hydrogen-bond donors (Lipinski definition) is 1. The van der Waals surface area contributed by atoms with Gasteiger partial charge in [-0.1, -0.05) is 32.1 Å². The predicted octanol–water partition coefficient (Wildman–Crippen LogP) is 3.96. The lowest BCUT2D eigenvalue weighted by molar-refractivity contribution is 0.258. The van der Waals surface area contributed by atoms with Crippen molar-refractivity contribution in [1.29, 1.82) is 0 Å². The van der Waals surface area contributed by atoms with Crippen LogP contribution in [0, 0.1) is 5.41 Å². The van der Waals surface area contributed by atoms with Gasteiger partial charge in [-0.15, -0.1) is 0 Å². The Labute approximate surface area is 137 Å². The van der Waals surface area contributed by atoms with Crippen LogP contribution in [0.2, 0.25) is 0 Å². The summed E-state index contributed by atoms with van der Waals surface area (Å²) in [5.41, 5.74) is 1.68. The van der Waals surface area contributed by atoms with E-state index in [1.54, 1.807) is 0 Å². The van der Waals surface area contributed by atoms with E-state index in [9.17, 15) is 0 Å². The van der Waals surface area contributed by atoms with Crippen LogP contribution >= 0.6 is 23.1 Å². The molecule has 0 saturated heterocycles. The normalized spacial score (nSPS) is 20.3. The first-order valence-corrected chi connectivity index (χ1v) is 10.1. The summed E-state index contributed by atoms with van der Waals surface area (Å²) < 4.78 is 0. The Morgan fingerprint density at radius 2 is 2.24 bits per heavy atom. The zero-order valence-corrected chi connectivity index (χ0v) is 15.7. The average molecular weight is 328 g/mol. The van der Waals surface area contributed by atoms with E-state index >= 15 is 0 Å². The summed E-state index contributed by atoms with van der Waals surface area (Å²) in [5.74, 6) is 1.16. The maximum atomic E-state index is 4.95. The van der Waals surface area contributed by atoms with Gasteiger partial charge in [0.1, 0.15) is 0 Å². The number of fused-ring (bicyclic) bond motifs is 1. The van der Waals surface area contributed by atoms with Gasteiger partial charge in [0.25, 0.3) is 0 Å². The number of nitrogens with one attached hydrogen (secondary N) is 1. The van der Waals surface area contributed by atoms with E-state index in [2.05, 4.69) is 44.3 Å². The molecule has 120 valence electrons. The van der Waals surface area contributed by atoms with Crippen LogP contribution in [-0.2, 0) is 6.42 Å². The highest BCUT2D eigenvalue weighted by Gasteiger charge is 2.35. The lowest BCUT2D eigenvalue weighted by atomic mass is 9.76. The maximum Gasteiger partial charge on any atom is 0.185 e. The molecular weight excluding hydrogens is 298 g/mol. The quantitative estimate of drug-likeness (QED) is 0.820. The molecule has 3 nitrogen and oxygen atoms in total. The van der Waals surface area contributed by atoms with Gasteiger partial charge in [-0.2, -0.15) is 11.8 Å². The SMILES string of the molecule is CCCNC1CC(C)(C)Cc2nc(N(C)CCSC)sc21. The molecule has 1 aromatic rings. The molecule has 1 N–H and O–H groups in total. The van der Waals surface area contributed by atoms with E-state index in [1.165, 1.54) is 28.5 Å². The Kier molecular flexibility index (Phi) is 5.97. The molecule has 1 atom stereocenters. The Balaban J connectivity index is 2.19. The third-order valence-corrected chi connectivity index (χ3v) is 5.95. The summed E-state index contributed by atoms with van der Waals surface area (Å²) in [6.45, 7) is 9.13. The zero-order chi connectivity index (χ0) is 15.5. The second-order valence-corrected chi connectivity index (χ2v) is 8.77. The first kappa shape index (κ1) is 17.1. The van der Waals surface area contributed by atoms with E-state index in [0.29, 0.717) is 11.5 Å². The Morgan fingerprint density at radius 1 is 1.48 bits per heavy atom. The van der Waals surface area contributed by atoms with Crippen molar-refractivity contribution >= 4 is 28.2 Å².